The van der Waals surface area contributed by atoms with Gasteiger partial charge in [0, 0.05) is 12.7 Å². The topological polar surface area (TPSA) is 18.5 Å². The molecule has 0 bridgehead atoms. The summed E-state index contributed by atoms with van der Waals surface area (Å²) in [5.74, 6) is 0. The maximum Gasteiger partial charge on any atom is 0.337 e. The Hall–Kier alpha value is 0.137. The molecule has 0 aromatic rings. The first-order chi connectivity index (χ1) is 8.64. The monoisotopic (exact) mass is 274 g/mol. The molecular formula is C15H34O2Si. The van der Waals surface area contributed by atoms with Gasteiger partial charge in [0.15, 0.2) is 0 Å². The molecule has 1 unspecified atom stereocenters. The SMILES string of the molecule is CCCCCCC(C)O[Si](CC)(CC)OCCC. The lowest BCUT2D eigenvalue weighted by atomic mass is 10.1. The van der Waals surface area contributed by atoms with E-state index in [9.17, 15) is 0 Å². The van der Waals surface area contributed by atoms with Crippen molar-refractivity contribution in [3.8, 4) is 0 Å². The number of hydrogen-bond donors (Lipinski definition) is 0. The summed E-state index contributed by atoms with van der Waals surface area (Å²) in [4.78, 5) is 0. The van der Waals surface area contributed by atoms with E-state index in [0.29, 0.717) is 6.10 Å². The molecule has 0 heterocycles. The van der Waals surface area contributed by atoms with Crippen molar-refractivity contribution in [1.29, 1.82) is 0 Å². The van der Waals surface area contributed by atoms with Gasteiger partial charge in [0.25, 0.3) is 0 Å². The lowest BCUT2D eigenvalue weighted by Crippen LogP contribution is -2.43. The smallest absolute Gasteiger partial charge is 0.337 e. The van der Waals surface area contributed by atoms with Gasteiger partial charge in [-0.25, -0.2) is 0 Å². The van der Waals surface area contributed by atoms with Gasteiger partial charge in [-0.1, -0.05) is 53.4 Å². The summed E-state index contributed by atoms with van der Waals surface area (Å²) in [5.41, 5.74) is 0. The van der Waals surface area contributed by atoms with E-state index in [-0.39, 0.29) is 0 Å². The van der Waals surface area contributed by atoms with Crippen LogP contribution in [0.1, 0.15) is 73.1 Å². The van der Waals surface area contributed by atoms with Crippen molar-refractivity contribution >= 4 is 8.56 Å². The summed E-state index contributed by atoms with van der Waals surface area (Å²) >= 11 is 0. The van der Waals surface area contributed by atoms with Crippen LogP contribution in [0.5, 0.6) is 0 Å². The van der Waals surface area contributed by atoms with Crippen molar-refractivity contribution in [1.82, 2.24) is 0 Å². The van der Waals surface area contributed by atoms with E-state index in [1.54, 1.807) is 0 Å². The summed E-state index contributed by atoms with van der Waals surface area (Å²) < 4.78 is 12.4. The van der Waals surface area contributed by atoms with Gasteiger partial charge in [-0.2, -0.15) is 0 Å². The fourth-order valence-electron chi connectivity index (χ4n) is 2.23. The second-order valence-electron chi connectivity index (χ2n) is 5.24. The molecule has 0 aliphatic rings. The highest BCUT2D eigenvalue weighted by atomic mass is 28.4. The molecule has 0 rings (SSSR count). The second kappa shape index (κ2) is 11.0. The number of hydrogen-bond acceptors (Lipinski definition) is 2. The molecule has 110 valence electrons. The molecule has 1 atom stereocenters. The summed E-state index contributed by atoms with van der Waals surface area (Å²) in [6, 6.07) is 2.14. The van der Waals surface area contributed by atoms with Gasteiger partial charge in [0.05, 0.1) is 0 Å². The fraction of sp³-hybridized carbons (Fsp3) is 1.00. The molecule has 0 amide bonds. The van der Waals surface area contributed by atoms with Crippen LogP contribution in [-0.2, 0) is 8.85 Å². The van der Waals surface area contributed by atoms with E-state index in [1.165, 1.54) is 32.1 Å². The molecular weight excluding hydrogens is 240 g/mol. The zero-order chi connectivity index (χ0) is 13.9. The molecule has 0 saturated carbocycles. The van der Waals surface area contributed by atoms with Gasteiger partial charge in [-0.15, -0.1) is 0 Å². The van der Waals surface area contributed by atoms with E-state index >= 15 is 0 Å². The van der Waals surface area contributed by atoms with E-state index in [0.717, 1.165) is 25.1 Å². The third kappa shape index (κ3) is 7.55. The standard InChI is InChI=1S/C15H34O2Si/c1-6-10-11-12-13-15(5)17-18(8-3,9-4)16-14-7-2/h15H,6-14H2,1-5H3. The van der Waals surface area contributed by atoms with Crippen LogP contribution in [-0.4, -0.2) is 21.3 Å². The quantitative estimate of drug-likeness (QED) is 0.356. The van der Waals surface area contributed by atoms with Crippen molar-refractivity contribution in [2.45, 2.75) is 91.3 Å². The van der Waals surface area contributed by atoms with Crippen molar-refractivity contribution in [3.05, 3.63) is 0 Å². The van der Waals surface area contributed by atoms with Gasteiger partial charge in [-0.05, 0) is 31.9 Å². The minimum Gasteiger partial charge on any atom is -0.394 e. The Morgan fingerprint density at radius 3 is 2.06 bits per heavy atom. The van der Waals surface area contributed by atoms with E-state index in [1.807, 2.05) is 0 Å². The zero-order valence-electron chi connectivity index (χ0n) is 13.3. The van der Waals surface area contributed by atoms with Gasteiger partial charge < -0.3 is 8.85 Å². The largest absolute Gasteiger partial charge is 0.394 e. The van der Waals surface area contributed by atoms with Crippen LogP contribution >= 0.6 is 0 Å². The second-order valence-corrected chi connectivity index (χ2v) is 9.00. The molecule has 0 N–H and O–H groups in total. The fourth-order valence-corrected chi connectivity index (χ4v) is 4.96. The van der Waals surface area contributed by atoms with Crippen LogP contribution in [0.4, 0.5) is 0 Å². The molecule has 0 aromatic carbocycles. The number of unbranched alkanes of at least 4 members (excludes halogenated alkanes) is 3. The third-order valence-corrected chi connectivity index (χ3v) is 7.24. The molecule has 0 fully saturated rings. The minimum atomic E-state index is -1.90. The molecule has 3 heteroatoms. The van der Waals surface area contributed by atoms with Crippen molar-refractivity contribution in [2.24, 2.45) is 0 Å². The van der Waals surface area contributed by atoms with Crippen LogP contribution in [0.15, 0.2) is 0 Å². The van der Waals surface area contributed by atoms with Crippen LogP contribution in [0.3, 0.4) is 0 Å². The molecule has 2 nitrogen and oxygen atoms in total. The van der Waals surface area contributed by atoms with E-state index in [4.69, 9.17) is 8.85 Å². The predicted octanol–water partition coefficient (Wildman–Crippen LogP) is 5.27. The Kier molecular flexibility index (Phi) is 11.1. The zero-order valence-corrected chi connectivity index (χ0v) is 14.3. The maximum atomic E-state index is 6.34. The molecule has 0 aliphatic heterocycles. The first-order valence-electron chi connectivity index (χ1n) is 7.95. The van der Waals surface area contributed by atoms with Gasteiger partial charge in [0.1, 0.15) is 0 Å². The van der Waals surface area contributed by atoms with Crippen molar-refractivity contribution in [3.63, 3.8) is 0 Å². The summed E-state index contributed by atoms with van der Waals surface area (Å²) in [6.07, 6.45) is 7.92. The Morgan fingerprint density at radius 2 is 1.56 bits per heavy atom. The lowest BCUT2D eigenvalue weighted by Gasteiger charge is -2.32. The summed E-state index contributed by atoms with van der Waals surface area (Å²) in [7, 11) is -1.90. The molecule has 0 saturated heterocycles. The summed E-state index contributed by atoms with van der Waals surface area (Å²) in [5, 5.41) is 0. The van der Waals surface area contributed by atoms with Crippen molar-refractivity contribution in [2.75, 3.05) is 6.61 Å². The first-order valence-corrected chi connectivity index (χ1v) is 10.2. The van der Waals surface area contributed by atoms with Crippen LogP contribution in [0, 0.1) is 0 Å². The average Bonchev–Trinajstić information content (AvgIpc) is 2.40. The highest BCUT2D eigenvalue weighted by molar-refractivity contribution is 6.67. The normalized spacial score (nSPS) is 13.8. The highest BCUT2D eigenvalue weighted by Crippen LogP contribution is 2.22. The average molecular weight is 275 g/mol. The van der Waals surface area contributed by atoms with Crippen LogP contribution in [0.2, 0.25) is 12.1 Å². The number of rotatable bonds is 12. The molecule has 0 aliphatic carbocycles. The molecule has 18 heavy (non-hydrogen) atoms. The van der Waals surface area contributed by atoms with E-state index in [2.05, 4.69) is 34.6 Å². The summed E-state index contributed by atoms with van der Waals surface area (Å²) in [6.45, 7) is 11.9. The highest BCUT2D eigenvalue weighted by Gasteiger charge is 2.34. The molecule has 0 spiro atoms. The van der Waals surface area contributed by atoms with Gasteiger partial charge in [0.2, 0.25) is 0 Å². The Balaban J connectivity index is 4.05. The predicted molar refractivity (Wildman–Crippen MR) is 82.3 cm³/mol. The van der Waals surface area contributed by atoms with Crippen LogP contribution in [0.25, 0.3) is 0 Å². The van der Waals surface area contributed by atoms with Gasteiger partial charge >= 0.3 is 8.56 Å². The maximum absolute atomic E-state index is 6.34. The lowest BCUT2D eigenvalue weighted by molar-refractivity contribution is 0.115. The van der Waals surface area contributed by atoms with Gasteiger partial charge in [-0.3, -0.25) is 0 Å². The molecule has 0 aromatic heterocycles. The van der Waals surface area contributed by atoms with Crippen molar-refractivity contribution < 1.29 is 8.85 Å². The first kappa shape index (κ1) is 18.1. The minimum absolute atomic E-state index is 0.366. The Bertz CT molecular complexity index is 181. The Morgan fingerprint density at radius 1 is 0.889 bits per heavy atom. The molecule has 0 radical (unpaired) electrons. The van der Waals surface area contributed by atoms with E-state index < -0.39 is 8.56 Å². The van der Waals surface area contributed by atoms with Crippen LogP contribution < -0.4 is 0 Å². The third-order valence-electron chi connectivity index (χ3n) is 3.53. The Labute approximate surface area is 116 Å².